The van der Waals surface area contributed by atoms with Gasteiger partial charge in [-0.05, 0) is 49.2 Å². The number of anilines is 2. The van der Waals surface area contributed by atoms with E-state index in [4.69, 9.17) is 16.3 Å². The van der Waals surface area contributed by atoms with Gasteiger partial charge in [0.05, 0.1) is 6.42 Å². The van der Waals surface area contributed by atoms with Crippen molar-refractivity contribution in [1.29, 1.82) is 0 Å². The first-order valence-electron chi connectivity index (χ1n) is 8.41. The van der Waals surface area contributed by atoms with Crippen molar-refractivity contribution in [1.82, 2.24) is 0 Å². The van der Waals surface area contributed by atoms with Gasteiger partial charge in [0.25, 0.3) is 5.91 Å². The van der Waals surface area contributed by atoms with E-state index < -0.39 is 18.5 Å². The number of hydrogen-bond acceptors (Lipinski definition) is 4. The van der Waals surface area contributed by atoms with Crippen LogP contribution in [-0.4, -0.2) is 24.4 Å². The summed E-state index contributed by atoms with van der Waals surface area (Å²) in [6, 6.07) is 12.4. The van der Waals surface area contributed by atoms with Crippen LogP contribution in [-0.2, 0) is 19.1 Å². The average Bonchev–Trinajstić information content (AvgIpc) is 2.61. The van der Waals surface area contributed by atoms with E-state index in [9.17, 15) is 14.4 Å². The molecule has 0 aromatic heterocycles. The predicted octanol–water partition coefficient (Wildman–Crippen LogP) is 3.86. The van der Waals surface area contributed by atoms with Crippen molar-refractivity contribution in [3.8, 4) is 0 Å². The molecule has 0 aliphatic heterocycles. The third-order valence-corrected chi connectivity index (χ3v) is 3.93. The fourth-order valence-corrected chi connectivity index (χ4v) is 2.47. The molecule has 142 valence electrons. The van der Waals surface area contributed by atoms with Crippen molar-refractivity contribution in [2.45, 2.75) is 26.7 Å². The molecule has 2 aromatic rings. The largest absolute Gasteiger partial charge is 0.456 e. The van der Waals surface area contributed by atoms with Gasteiger partial charge in [-0.15, -0.1) is 0 Å². The van der Waals surface area contributed by atoms with Gasteiger partial charge in [0, 0.05) is 22.8 Å². The number of carbonyl (C=O) groups is 3. The maximum atomic E-state index is 11.9. The van der Waals surface area contributed by atoms with E-state index in [0.29, 0.717) is 16.4 Å². The number of aryl methyl sites for hydroxylation is 2. The number of ether oxygens (including phenoxy) is 1. The summed E-state index contributed by atoms with van der Waals surface area (Å²) in [4.78, 5) is 35.5. The van der Waals surface area contributed by atoms with Crippen LogP contribution in [0.4, 0.5) is 11.4 Å². The van der Waals surface area contributed by atoms with Crippen molar-refractivity contribution >= 4 is 40.8 Å². The average molecular weight is 389 g/mol. The molecule has 6 nitrogen and oxygen atoms in total. The summed E-state index contributed by atoms with van der Waals surface area (Å²) in [6.45, 7) is 3.39. The molecule has 2 N–H and O–H groups in total. The first kappa shape index (κ1) is 20.5. The van der Waals surface area contributed by atoms with Gasteiger partial charge in [-0.25, -0.2) is 0 Å². The minimum absolute atomic E-state index is 0.0516. The molecule has 0 saturated heterocycles. The first-order chi connectivity index (χ1) is 12.8. The van der Waals surface area contributed by atoms with Crippen LogP contribution in [0.1, 0.15) is 24.0 Å². The van der Waals surface area contributed by atoms with E-state index in [1.807, 2.05) is 32.0 Å². The highest BCUT2D eigenvalue weighted by Gasteiger charge is 2.12. The molecule has 0 aliphatic rings. The lowest BCUT2D eigenvalue weighted by Gasteiger charge is -2.10. The Hall–Kier alpha value is -2.86. The van der Waals surface area contributed by atoms with E-state index in [0.717, 1.165) is 11.1 Å². The molecule has 0 atom stereocenters. The molecule has 0 spiro atoms. The zero-order valence-corrected chi connectivity index (χ0v) is 15.9. The SMILES string of the molecule is Cc1ccc(C)c(NC(=O)COC(=O)CCC(=O)Nc2cccc(Cl)c2)c1. The Balaban J connectivity index is 1.71. The number of hydrogen-bond donors (Lipinski definition) is 2. The molecular formula is C20H21ClN2O4. The second-order valence-electron chi connectivity index (χ2n) is 6.09. The smallest absolute Gasteiger partial charge is 0.306 e. The number of esters is 1. The van der Waals surface area contributed by atoms with E-state index in [2.05, 4.69) is 10.6 Å². The molecule has 0 fully saturated rings. The Bertz CT molecular complexity index is 852. The Morgan fingerprint density at radius 1 is 0.963 bits per heavy atom. The minimum atomic E-state index is -0.618. The topological polar surface area (TPSA) is 84.5 Å². The number of halogens is 1. The molecule has 0 unspecified atom stereocenters. The molecule has 27 heavy (non-hydrogen) atoms. The van der Waals surface area contributed by atoms with Crippen LogP contribution in [0.15, 0.2) is 42.5 Å². The van der Waals surface area contributed by atoms with Crippen molar-refractivity contribution in [3.05, 3.63) is 58.6 Å². The zero-order valence-electron chi connectivity index (χ0n) is 15.2. The standard InChI is InChI=1S/C20H21ClN2O4/c1-13-6-7-14(2)17(10-13)23-19(25)12-27-20(26)9-8-18(24)22-16-5-3-4-15(21)11-16/h3-7,10-11H,8-9,12H2,1-2H3,(H,22,24)(H,23,25). The van der Waals surface area contributed by atoms with Crippen molar-refractivity contribution in [3.63, 3.8) is 0 Å². The fraction of sp³-hybridized carbons (Fsp3) is 0.250. The molecule has 0 aliphatic carbocycles. The number of benzene rings is 2. The molecular weight excluding hydrogens is 368 g/mol. The second-order valence-corrected chi connectivity index (χ2v) is 6.52. The van der Waals surface area contributed by atoms with Gasteiger partial charge in [-0.1, -0.05) is 29.8 Å². The molecule has 2 aromatic carbocycles. The molecule has 0 bridgehead atoms. The summed E-state index contributed by atoms with van der Waals surface area (Å²) in [5, 5.41) is 5.84. The van der Waals surface area contributed by atoms with Crippen LogP contribution in [0, 0.1) is 13.8 Å². The minimum Gasteiger partial charge on any atom is -0.456 e. The fourth-order valence-electron chi connectivity index (χ4n) is 2.28. The lowest BCUT2D eigenvalue weighted by atomic mass is 10.1. The normalized spacial score (nSPS) is 10.2. The lowest BCUT2D eigenvalue weighted by molar-refractivity contribution is -0.147. The maximum absolute atomic E-state index is 11.9. The van der Waals surface area contributed by atoms with E-state index in [-0.39, 0.29) is 18.7 Å². The van der Waals surface area contributed by atoms with Crippen molar-refractivity contribution in [2.75, 3.05) is 17.2 Å². The van der Waals surface area contributed by atoms with Gasteiger partial charge >= 0.3 is 5.97 Å². The Kier molecular flexibility index (Phi) is 7.37. The summed E-state index contributed by atoms with van der Waals surface area (Å²) < 4.78 is 4.91. The number of nitrogens with one attached hydrogen (secondary N) is 2. The van der Waals surface area contributed by atoms with Gasteiger partial charge in [-0.2, -0.15) is 0 Å². The van der Waals surface area contributed by atoms with Crippen LogP contribution < -0.4 is 10.6 Å². The highest BCUT2D eigenvalue weighted by molar-refractivity contribution is 6.30. The maximum Gasteiger partial charge on any atom is 0.306 e. The third-order valence-electron chi connectivity index (χ3n) is 3.70. The number of rotatable bonds is 7. The summed E-state index contributed by atoms with van der Waals surface area (Å²) in [7, 11) is 0. The van der Waals surface area contributed by atoms with Crippen LogP contribution in [0.25, 0.3) is 0 Å². The van der Waals surface area contributed by atoms with Crippen molar-refractivity contribution < 1.29 is 19.1 Å². The van der Waals surface area contributed by atoms with E-state index >= 15 is 0 Å². The number of amides is 2. The van der Waals surface area contributed by atoms with Gasteiger partial charge in [-0.3, -0.25) is 14.4 Å². The van der Waals surface area contributed by atoms with Crippen LogP contribution in [0.5, 0.6) is 0 Å². The Labute approximate surface area is 162 Å². The summed E-state index contributed by atoms with van der Waals surface area (Å²) in [5.41, 5.74) is 3.15. The number of carbonyl (C=O) groups excluding carboxylic acids is 3. The monoisotopic (exact) mass is 388 g/mol. The van der Waals surface area contributed by atoms with E-state index in [1.54, 1.807) is 24.3 Å². The highest BCUT2D eigenvalue weighted by atomic mass is 35.5. The van der Waals surface area contributed by atoms with Crippen molar-refractivity contribution in [2.24, 2.45) is 0 Å². The Morgan fingerprint density at radius 2 is 1.74 bits per heavy atom. The summed E-state index contributed by atoms with van der Waals surface area (Å²) in [5.74, 6) is -1.39. The van der Waals surface area contributed by atoms with Crippen LogP contribution in [0.3, 0.4) is 0 Å². The molecule has 0 saturated carbocycles. The van der Waals surface area contributed by atoms with Gasteiger partial charge in [0.15, 0.2) is 6.61 Å². The predicted molar refractivity (Wildman–Crippen MR) is 105 cm³/mol. The molecule has 2 rings (SSSR count). The van der Waals surface area contributed by atoms with Crippen LogP contribution in [0.2, 0.25) is 5.02 Å². The van der Waals surface area contributed by atoms with Gasteiger partial charge in [0.1, 0.15) is 0 Å². The van der Waals surface area contributed by atoms with E-state index in [1.165, 1.54) is 0 Å². The Morgan fingerprint density at radius 3 is 2.48 bits per heavy atom. The summed E-state index contributed by atoms with van der Waals surface area (Å²) >= 11 is 5.84. The highest BCUT2D eigenvalue weighted by Crippen LogP contribution is 2.16. The first-order valence-corrected chi connectivity index (χ1v) is 8.79. The van der Waals surface area contributed by atoms with Gasteiger partial charge in [0.2, 0.25) is 5.91 Å². The molecule has 7 heteroatoms. The summed E-state index contributed by atoms with van der Waals surface area (Å²) in [6.07, 6.45) is -0.174. The second kappa shape index (κ2) is 9.73. The molecule has 0 heterocycles. The molecule has 2 amide bonds. The zero-order chi connectivity index (χ0) is 19.8. The van der Waals surface area contributed by atoms with Crippen LogP contribution >= 0.6 is 11.6 Å². The third kappa shape index (κ3) is 7.11. The lowest BCUT2D eigenvalue weighted by Crippen LogP contribution is -2.22. The molecule has 0 radical (unpaired) electrons. The van der Waals surface area contributed by atoms with Gasteiger partial charge < -0.3 is 15.4 Å². The quantitative estimate of drug-likeness (QED) is 0.705.